The minimum absolute atomic E-state index is 0.0351. The highest BCUT2D eigenvalue weighted by Gasteiger charge is 2.15. The number of aromatic nitrogens is 1. The highest BCUT2D eigenvalue weighted by molar-refractivity contribution is 5.74. The molecule has 1 unspecified atom stereocenters. The standard InChI is InChI=1S/C11H15NO3/c1-7(2)15-10-6-4-5-9(12-10)8(3)11(13)14/h4-8H,1-3H3,(H,13,14). The second kappa shape index (κ2) is 4.77. The van der Waals surface area contributed by atoms with Crippen molar-refractivity contribution in [2.75, 3.05) is 0 Å². The molecule has 82 valence electrons. The number of carboxylic acid groups (broad SMARTS) is 1. The number of carbonyl (C=O) groups is 1. The van der Waals surface area contributed by atoms with E-state index in [1.54, 1.807) is 25.1 Å². The molecule has 1 atom stereocenters. The van der Waals surface area contributed by atoms with Crippen LogP contribution in [0.15, 0.2) is 18.2 Å². The maximum absolute atomic E-state index is 10.8. The van der Waals surface area contributed by atoms with Gasteiger partial charge in [0, 0.05) is 6.07 Å². The van der Waals surface area contributed by atoms with E-state index < -0.39 is 11.9 Å². The van der Waals surface area contributed by atoms with Gasteiger partial charge in [-0.25, -0.2) is 4.98 Å². The predicted molar refractivity (Wildman–Crippen MR) is 56.1 cm³/mol. The molecule has 4 heteroatoms. The van der Waals surface area contributed by atoms with Gasteiger partial charge in [-0.05, 0) is 26.8 Å². The minimum Gasteiger partial charge on any atom is -0.481 e. The first-order valence-corrected chi connectivity index (χ1v) is 4.87. The number of rotatable bonds is 4. The molecule has 0 saturated heterocycles. The monoisotopic (exact) mass is 209 g/mol. The maximum Gasteiger partial charge on any atom is 0.312 e. The van der Waals surface area contributed by atoms with Crippen LogP contribution >= 0.6 is 0 Å². The fourth-order valence-electron chi connectivity index (χ4n) is 1.11. The van der Waals surface area contributed by atoms with E-state index in [2.05, 4.69) is 4.98 Å². The molecule has 1 N–H and O–H groups in total. The summed E-state index contributed by atoms with van der Waals surface area (Å²) in [5.41, 5.74) is 0.514. The third-order valence-electron chi connectivity index (χ3n) is 1.92. The van der Waals surface area contributed by atoms with E-state index in [1.165, 1.54) is 0 Å². The molecule has 0 saturated carbocycles. The summed E-state index contributed by atoms with van der Waals surface area (Å²) in [5, 5.41) is 8.83. The number of ether oxygens (including phenoxy) is 1. The van der Waals surface area contributed by atoms with Crippen molar-refractivity contribution in [3.8, 4) is 5.88 Å². The highest BCUT2D eigenvalue weighted by Crippen LogP contribution is 2.17. The van der Waals surface area contributed by atoms with Crippen LogP contribution in [-0.4, -0.2) is 22.2 Å². The first-order valence-electron chi connectivity index (χ1n) is 4.87. The van der Waals surface area contributed by atoms with Crippen LogP contribution in [0, 0.1) is 0 Å². The van der Waals surface area contributed by atoms with Gasteiger partial charge in [0.25, 0.3) is 0 Å². The second-order valence-corrected chi connectivity index (χ2v) is 3.63. The molecule has 0 radical (unpaired) electrons. The number of aliphatic carboxylic acids is 1. The van der Waals surface area contributed by atoms with Crippen LogP contribution in [0.3, 0.4) is 0 Å². The number of carboxylic acids is 1. The van der Waals surface area contributed by atoms with Crippen molar-refractivity contribution in [2.24, 2.45) is 0 Å². The first-order chi connectivity index (χ1) is 7.00. The van der Waals surface area contributed by atoms with Crippen molar-refractivity contribution >= 4 is 5.97 Å². The second-order valence-electron chi connectivity index (χ2n) is 3.63. The molecule has 0 aliphatic heterocycles. The zero-order valence-electron chi connectivity index (χ0n) is 9.10. The number of hydrogen-bond donors (Lipinski definition) is 1. The lowest BCUT2D eigenvalue weighted by atomic mass is 10.1. The third-order valence-corrected chi connectivity index (χ3v) is 1.92. The van der Waals surface area contributed by atoms with Gasteiger partial charge in [-0.3, -0.25) is 4.79 Å². The van der Waals surface area contributed by atoms with Crippen LogP contribution in [0.4, 0.5) is 0 Å². The SMILES string of the molecule is CC(C)Oc1cccc(C(C)C(=O)O)n1. The molecular formula is C11H15NO3. The lowest BCUT2D eigenvalue weighted by molar-refractivity contribution is -0.138. The van der Waals surface area contributed by atoms with Gasteiger partial charge in [-0.15, -0.1) is 0 Å². The molecule has 0 aliphatic carbocycles. The predicted octanol–water partition coefficient (Wildman–Crippen LogP) is 2.06. The summed E-state index contributed by atoms with van der Waals surface area (Å²) in [6.45, 7) is 5.40. The Morgan fingerprint density at radius 3 is 2.60 bits per heavy atom. The highest BCUT2D eigenvalue weighted by atomic mass is 16.5. The van der Waals surface area contributed by atoms with E-state index in [9.17, 15) is 4.79 Å². The summed E-state index contributed by atoms with van der Waals surface area (Å²) in [7, 11) is 0. The number of pyridine rings is 1. The van der Waals surface area contributed by atoms with E-state index in [4.69, 9.17) is 9.84 Å². The molecule has 4 nitrogen and oxygen atoms in total. The van der Waals surface area contributed by atoms with Gasteiger partial charge in [-0.2, -0.15) is 0 Å². The zero-order chi connectivity index (χ0) is 11.4. The normalized spacial score (nSPS) is 12.5. The topological polar surface area (TPSA) is 59.4 Å². The van der Waals surface area contributed by atoms with Crippen molar-refractivity contribution < 1.29 is 14.6 Å². The Hall–Kier alpha value is -1.58. The largest absolute Gasteiger partial charge is 0.481 e. The first kappa shape index (κ1) is 11.5. The fourth-order valence-corrected chi connectivity index (χ4v) is 1.11. The summed E-state index contributed by atoms with van der Waals surface area (Å²) in [4.78, 5) is 14.9. The molecule has 0 fully saturated rings. The molecule has 0 bridgehead atoms. The third kappa shape index (κ3) is 3.23. The summed E-state index contributed by atoms with van der Waals surface area (Å²) in [6, 6.07) is 5.16. The summed E-state index contributed by atoms with van der Waals surface area (Å²) < 4.78 is 5.38. The molecule has 1 heterocycles. The maximum atomic E-state index is 10.8. The van der Waals surface area contributed by atoms with Crippen molar-refractivity contribution in [3.63, 3.8) is 0 Å². The van der Waals surface area contributed by atoms with E-state index in [0.29, 0.717) is 11.6 Å². The molecule has 1 rings (SSSR count). The molecule has 0 amide bonds. The van der Waals surface area contributed by atoms with Crippen LogP contribution in [0.1, 0.15) is 32.4 Å². The Labute approximate surface area is 88.9 Å². The molecule has 0 aromatic carbocycles. The Morgan fingerprint density at radius 1 is 1.40 bits per heavy atom. The molecule has 0 aliphatic rings. The van der Waals surface area contributed by atoms with Crippen molar-refractivity contribution in [1.29, 1.82) is 0 Å². The van der Waals surface area contributed by atoms with Crippen LogP contribution in [0.5, 0.6) is 5.88 Å². The minimum atomic E-state index is -0.885. The summed E-state index contributed by atoms with van der Waals surface area (Å²) in [5.74, 6) is -1.03. The van der Waals surface area contributed by atoms with E-state index in [1.807, 2.05) is 13.8 Å². The zero-order valence-corrected chi connectivity index (χ0v) is 9.10. The molecular weight excluding hydrogens is 194 g/mol. The van der Waals surface area contributed by atoms with Crippen molar-refractivity contribution in [3.05, 3.63) is 23.9 Å². The molecule has 0 spiro atoms. The molecule has 15 heavy (non-hydrogen) atoms. The Bertz CT molecular complexity index is 349. The Morgan fingerprint density at radius 2 is 2.07 bits per heavy atom. The van der Waals surface area contributed by atoms with Crippen LogP contribution in [0.25, 0.3) is 0 Å². The van der Waals surface area contributed by atoms with Gasteiger partial charge in [0.05, 0.1) is 17.7 Å². The van der Waals surface area contributed by atoms with Crippen molar-refractivity contribution in [2.45, 2.75) is 32.8 Å². The van der Waals surface area contributed by atoms with Crippen LogP contribution < -0.4 is 4.74 Å². The summed E-state index contributed by atoms with van der Waals surface area (Å²) in [6.07, 6.45) is 0.0351. The van der Waals surface area contributed by atoms with E-state index >= 15 is 0 Å². The van der Waals surface area contributed by atoms with E-state index in [-0.39, 0.29) is 6.10 Å². The lowest BCUT2D eigenvalue weighted by Crippen LogP contribution is -2.11. The van der Waals surface area contributed by atoms with Gasteiger partial charge in [-0.1, -0.05) is 6.07 Å². The number of hydrogen-bond acceptors (Lipinski definition) is 3. The van der Waals surface area contributed by atoms with Crippen LogP contribution in [-0.2, 0) is 4.79 Å². The number of nitrogens with zero attached hydrogens (tertiary/aromatic N) is 1. The fraction of sp³-hybridized carbons (Fsp3) is 0.455. The van der Waals surface area contributed by atoms with Crippen LogP contribution in [0.2, 0.25) is 0 Å². The average molecular weight is 209 g/mol. The average Bonchev–Trinajstić information content (AvgIpc) is 2.16. The van der Waals surface area contributed by atoms with Gasteiger partial charge < -0.3 is 9.84 Å². The Kier molecular flexibility index (Phi) is 3.66. The summed E-state index contributed by atoms with van der Waals surface area (Å²) >= 11 is 0. The quantitative estimate of drug-likeness (QED) is 0.824. The molecule has 1 aromatic heterocycles. The van der Waals surface area contributed by atoms with Crippen molar-refractivity contribution in [1.82, 2.24) is 4.98 Å². The van der Waals surface area contributed by atoms with Gasteiger partial charge in [0.15, 0.2) is 0 Å². The Balaban J connectivity index is 2.87. The smallest absolute Gasteiger partial charge is 0.312 e. The van der Waals surface area contributed by atoms with Gasteiger partial charge in [0.2, 0.25) is 5.88 Å². The lowest BCUT2D eigenvalue weighted by Gasteiger charge is -2.11. The van der Waals surface area contributed by atoms with Gasteiger partial charge in [0.1, 0.15) is 0 Å². The van der Waals surface area contributed by atoms with Gasteiger partial charge >= 0.3 is 5.97 Å². The molecule has 1 aromatic rings. The van der Waals surface area contributed by atoms with E-state index in [0.717, 1.165) is 0 Å².